The topological polar surface area (TPSA) is 113 Å². The third-order valence-corrected chi connectivity index (χ3v) is 4.55. The Kier molecular flexibility index (Phi) is 7.76. The van der Waals surface area contributed by atoms with Crippen molar-refractivity contribution >= 4 is 23.5 Å². The molecule has 0 radical (unpaired) electrons. The van der Waals surface area contributed by atoms with Crippen molar-refractivity contribution in [2.24, 2.45) is 0 Å². The summed E-state index contributed by atoms with van der Waals surface area (Å²) < 4.78 is 10.3. The largest absolute Gasteiger partial charge is 0.459 e. The van der Waals surface area contributed by atoms with Crippen LogP contribution >= 0.6 is 0 Å². The number of hydrogen-bond acceptors (Lipinski definition) is 6. The summed E-state index contributed by atoms with van der Waals surface area (Å²) in [5, 5.41) is 11.7. The van der Waals surface area contributed by atoms with Gasteiger partial charge in [-0.25, -0.2) is 4.79 Å². The van der Waals surface area contributed by atoms with Gasteiger partial charge in [-0.15, -0.1) is 0 Å². The molecule has 2 aromatic carbocycles. The highest BCUT2D eigenvalue weighted by Crippen LogP contribution is 2.13. The Bertz CT molecular complexity index is 1080. The van der Waals surface area contributed by atoms with E-state index in [0.29, 0.717) is 5.69 Å². The van der Waals surface area contributed by atoms with Crippen LogP contribution in [0, 0.1) is 11.3 Å². The zero-order chi connectivity index (χ0) is 22.8. The molecule has 3 rings (SSSR count). The maximum Gasteiger partial charge on any atom is 0.329 e. The fraction of sp³-hybridized carbons (Fsp3) is 0.167. The maximum absolute atomic E-state index is 12.8. The van der Waals surface area contributed by atoms with Crippen LogP contribution in [0.15, 0.2) is 83.5 Å². The summed E-state index contributed by atoms with van der Waals surface area (Å²) >= 11 is 0. The van der Waals surface area contributed by atoms with Crippen molar-refractivity contribution in [2.45, 2.75) is 12.5 Å². The molecule has 0 bridgehead atoms. The van der Waals surface area contributed by atoms with Crippen LogP contribution < -0.4 is 10.2 Å². The summed E-state index contributed by atoms with van der Waals surface area (Å²) in [4.78, 5) is 39.0. The highest BCUT2D eigenvalue weighted by atomic mass is 16.5. The zero-order valence-corrected chi connectivity index (χ0v) is 17.1. The summed E-state index contributed by atoms with van der Waals surface area (Å²) in [5.41, 5.74) is 1.32. The van der Waals surface area contributed by atoms with Gasteiger partial charge < -0.3 is 14.5 Å². The third kappa shape index (κ3) is 6.06. The molecule has 2 amide bonds. The molecule has 1 aromatic heterocycles. The second-order valence-corrected chi connectivity index (χ2v) is 6.77. The first-order valence-corrected chi connectivity index (χ1v) is 9.86. The standard InChI is InChI=1S/C24H21N3O5/c25-13-14-27(19-10-5-2-6-11-19)22(28)17-32-24(30)20(16-18-8-3-1-4-9-18)26-23(29)21-12-7-15-31-21/h1-12,15,20H,14,16-17H2,(H,26,29). The molecule has 0 aliphatic rings. The molecule has 8 nitrogen and oxygen atoms in total. The van der Waals surface area contributed by atoms with Crippen LogP contribution in [0.4, 0.5) is 5.69 Å². The number of carbonyl (C=O) groups excluding carboxylic acids is 3. The Morgan fingerprint density at radius 1 is 1.00 bits per heavy atom. The number of esters is 1. The highest BCUT2D eigenvalue weighted by molar-refractivity contribution is 5.97. The van der Waals surface area contributed by atoms with Gasteiger partial charge in [-0.1, -0.05) is 48.5 Å². The molecule has 0 aliphatic heterocycles. The van der Waals surface area contributed by atoms with E-state index in [0.717, 1.165) is 5.56 Å². The average Bonchev–Trinajstić information content (AvgIpc) is 3.37. The van der Waals surface area contributed by atoms with Crippen LogP contribution in [-0.2, 0) is 20.7 Å². The Labute approximate surface area is 185 Å². The van der Waals surface area contributed by atoms with Gasteiger partial charge in [-0.05, 0) is 29.8 Å². The maximum atomic E-state index is 12.8. The number of carbonyl (C=O) groups is 3. The second-order valence-electron chi connectivity index (χ2n) is 6.77. The van der Waals surface area contributed by atoms with Gasteiger partial charge in [0, 0.05) is 12.1 Å². The number of nitrogens with one attached hydrogen (secondary N) is 1. The molecule has 162 valence electrons. The minimum atomic E-state index is -1.04. The van der Waals surface area contributed by atoms with Crippen LogP contribution in [0.25, 0.3) is 0 Å². The highest BCUT2D eigenvalue weighted by Gasteiger charge is 2.26. The lowest BCUT2D eigenvalue weighted by atomic mass is 10.1. The quantitative estimate of drug-likeness (QED) is 0.412. The summed E-state index contributed by atoms with van der Waals surface area (Å²) in [6.07, 6.45) is 1.52. The Morgan fingerprint density at radius 3 is 2.31 bits per heavy atom. The fourth-order valence-electron chi connectivity index (χ4n) is 2.99. The molecular weight excluding hydrogens is 410 g/mol. The zero-order valence-electron chi connectivity index (χ0n) is 17.1. The monoisotopic (exact) mass is 431 g/mol. The molecule has 1 unspecified atom stereocenters. The van der Waals surface area contributed by atoms with E-state index in [1.54, 1.807) is 36.4 Å². The molecule has 3 aromatic rings. The van der Waals surface area contributed by atoms with E-state index in [4.69, 9.17) is 14.4 Å². The summed E-state index contributed by atoms with van der Waals surface area (Å²) in [6, 6.07) is 21.6. The molecule has 0 saturated heterocycles. The van der Waals surface area contributed by atoms with E-state index in [1.165, 1.54) is 17.2 Å². The minimum absolute atomic E-state index is 0.0520. The third-order valence-electron chi connectivity index (χ3n) is 4.55. The molecular formula is C24H21N3O5. The van der Waals surface area contributed by atoms with Crippen LogP contribution in [-0.4, -0.2) is 37.0 Å². The number of rotatable bonds is 9. The normalized spacial score (nSPS) is 11.1. The number of anilines is 1. The van der Waals surface area contributed by atoms with Crippen molar-refractivity contribution in [1.29, 1.82) is 5.26 Å². The fourth-order valence-corrected chi connectivity index (χ4v) is 2.99. The van der Waals surface area contributed by atoms with Crippen molar-refractivity contribution in [3.8, 4) is 6.07 Å². The summed E-state index contributed by atoms with van der Waals surface area (Å²) in [5.74, 6) is -1.85. The van der Waals surface area contributed by atoms with Gasteiger partial charge in [-0.3, -0.25) is 14.5 Å². The smallest absolute Gasteiger partial charge is 0.329 e. The molecule has 1 atom stereocenters. The van der Waals surface area contributed by atoms with Gasteiger partial charge in [0.1, 0.15) is 12.6 Å². The number of benzene rings is 2. The molecule has 0 aliphatic carbocycles. The van der Waals surface area contributed by atoms with Gasteiger partial charge in [0.25, 0.3) is 11.8 Å². The molecule has 1 heterocycles. The Hall–Kier alpha value is -4.38. The lowest BCUT2D eigenvalue weighted by molar-refractivity contribution is -0.149. The van der Waals surface area contributed by atoms with E-state index in [9.17, 15) is 14.4 Å². The molecule has 0 fully saturated rings. The number of furan rings is 1. The van der Waals surface area contributed by atoms with Crippen molar-refractivity contribution in [3.05, 3.63) is 90.4 Å². The molecule has 0 spiro atoms. The van der Waals surface area contributed by atoms with Crippen molar-refractivity contribution in [2.75, 3.05) is 18.1 Å². The van der Waals surface area contributed by atoms with Gasteiger partial charge >= 0.3 is 5.97 Å². The molecule has 0 saturated carbocycles. The Morgan fingerprint density at radius 2 is 1.69 bits per heavy atom. The van der Waals surface area contributed by atoms with Crippen molar-refractivity contribution in [3.63, 3.8) is 0 Å². The van der Waals surface area contributed by atoms with E-state index in [-0.39, 0.29) is 18.7 Å². The minimum Gasteiger partial charge on any atom is -0.459 e. The number of nitriles is 1. The van der Waals surface area contributed by atoms with Gasteiger partial charge in [0.15, 0.2) is 12.4 Å². The first kappa shape index (κ1) is 22.3. The van der Waals surface area contributed by atoms with Crippen LogP contribution in [0.5, 0.6) is 0 Å². The predicted octanol–water partition coefficient (Wildman–Crippen LogP) is 2.72. The first-order valence-electron chi connectivity index (χ1n) is 9.86. The number of hydrogen-bond donors (Lipinski definition) is 1. The van der Waals surface area contributed by atoms with Crippen LogP contribution in [0.2, 0.25) is 0 Å². The summed E-state index contributed by atoms with van der Waals surface area (Å²) in [6.45, 7) is -0.764. The van der Waals surface area contributed by atoms with E-state index in [2.05, 4.69) is 5.32 Å². The van der Waals surface area contributed by atoms with Gasteiger partial charge in [0.05, 0.1) is 12.3 Å². The number of ether oxygens (including phenoxy) is 1. The van der Waals surface area contributed by atoms with Crippen LogP contribution in [0.1, 0.15) is 16.1 Å². The lowest BCUT2D eigenvalue weighted by Crippen LogP contribution is -2.44. The van der Waals surface area contributed by atoms with Crippen LogP contribution in [0.3, 0.4) is 0 Å². The molecule has 32 heavy (non-hydrogen) atoms. The van der Waals surface area contributed by atoms with E-state index in [1.807, 2.05) is 36.4 Å². The van der Waals surface area contributed by atoms with E-state index >= 15 is 0 Å². The van der Waals surface area contributed by atoms with Crippen molar-refractivity contribution in [1.82, 2.24) is 5.32 Å². The predicted molar refractivity (Wildman–Crippen MR) is 115 cm³/mol. The molecule has 1 N–H and O–H groups in total. The number of para-hydroxylation sites is 1. The SMILES string of the molecule is N#CCN(C(=O)COC(=O)C(Cc1ccccc1)NC(=O)c1ccco1)c1ccccc1. The number of amides is 2. The average molecular weight is 431 g/mol. The summed E-state index contributed by atoms with van der Waals surface area (Å²) in [7, 11) is 0. The first-order chi connectivity index (χ1) is 15.6. The Balaban J connectivity index is 1.68. The second kappa shape index (κ2) is 11.1. The lowest BCUT2D eigenvalue weighted by Gasteiger charge is -2.21. The molecule has 8 heteroatoms. The number of nitrogens with zero attached hydrogens (tertiary/aromatic N) is 2. The van der Waals surface area contributed by atoms with Gasteiger partial charge in [0.2, 0.25) is 0 Å². The van der Waals surface area contributed by atoms with Gasteiger partial charge in [-0.2, -0.15) is 5.26 Å². The van der Waals surface area contributed by atoms with Crippen molar-refractivity contribution < 1.29 is 23.5 Å². The van der Waals surface area contributed by atoms with E-state index < -0.39 is 30.4 Å².